The van der Waals surface area contributed by atoms with Crippen LogP contribution in [0, 0.1) is 11.8 Å². The predicted octanol–water partition coefficient (Wildman–Crippen LogP) is 6.34. The molecule has 0 aliphatic heterocycles. The molecule has 0 radical (unpaired) electrons. The third-order valence-corrected chi connectivity index (χ3v) is 4.55. The second kappa shape index (κ2) is 15.4. The number of hydrogen-bond acceptors (Lipinski definition) is 1. The molecular formula is C19H40O. The highest BCUT2D eigenvalue weighted by atomic mass is 16.2. The first-order valence-corrected chi connectivity index (χ1v) is 9.31. The molecule has 0 aliphatic carbocycles. The summed E-state index contributed by atoms with van der Waals surface area (Å²) in [5.74, 6) is 1.86. The van der Waals surface area contributed by atoms with Gasteiger partial charge in [0.2, 0.25) is 0 Å². The smallest absolute Gasteiger partial charge is 0.0431 e. The maximum atomic E-state index is 8.71. The zero-order valence-electron chi connectivity index (χ0n) is 14.5. The lowest BCUT2D eigenvalue weighted by atomic mass is 9.92. The third kappa shape index (κ3) is 14.4. The Bertz CT molecular complexity index is 179. The molecule has 122 valence electrons. The Kier molecular flexibility index (Phi) is 15.3. The summed E-state index contributed by atoms with van der Waals surface area (Å²) in [5, 5.41) is 8.71. The molecule has 1 nitrogen and oxygen atoms in total. The van der Waals surface area contributed by atoms with Gasteiger partial charge in [0.25, 0.3) is 0 Å². The van der Waals surface area contributed by atoms with Gasteiger partial charge >= 0.3 is 0 Å². The molecule has 0 amide bonds. The van der Waals surface area contributed by atoms with Crippen molar-refractivity contribution in [1.82, 2.24) is 0 Å². The second-order valence-corrected chi connectivity index (χ2v) is 6.92. The zero-order valence-corrected chi connectivity index (χ0v) is 14.5. The van der Waals surface area contributed by atoms with Crippen molar-refractivity contribution in [3.05, 3.63) is 0 Å². The molecule has 0 aromatic heterocycles. The van der Waals surface area contributed by atoms with Gasteiger partial charge in [0.15, 0.2) is 0 Å². The van der Waals surface area contributed by atoms with Crippen molar-refractivity contribution >= 4 is 0 Å². The molecule has 20 heavy (non-hydrogen) atoms. The lowest BCUT2D eigenvalue weighted by Gasteiger charge is -2.14. The quantitative estimate of drug-likeness (QED) is 0.348. The van der Waals surface area contributed by atoms with E-state index in [1.54, 1.807) is 0 Å². The van der Waals surface area contributed by atoms with Crippen LogP contribution in [0.1, 0.15) is 104 Å². The minimum Gasteiger partial charge on any atom is -0.396 e. The fourth-order valence-corrected chi connectivity index (χ4v) is 2.97. The Hall–Kier alpha value is -0.0400. The number of rotatable bonds is 15. The standard InChI is InChI=1S/C19H40O/c1-4-5-13-18(2)15-12-16-19(3)14-10-8-6-7-9-11-17-20/h18-20H,4-17H2,1-3H3. The number of hydrogen-bond donors (Lipinski definition) is 1. The molecule has 2 atom stereocenters. The first-order valence-electron chi connectivity index (χ1n) is 9.31. The Morgan fingerprint density at radius 3 is 1.60 bits per heavy atom. The molecule has 0 fully saturated rings. The molecule has 0 saturated heterocycles. The van der Waals surface area contributed by atoms with Crippen molar-refractivity contribution in [2.45, 2.75) is 104 Å². The van der Waals surface area contributed by atoms with E-state index in [4.69, 9.17) is 5.11 Å². The normalized spacial score (nSPS) is 14.4. The summed E-state index contributed by atoms with van der Waals surface area (Å²) in [5.41, 5.74) is 0. The van der Waals surface area contributed by atoms with Crippen molar-refractivity contribution in [1.29, 1.82) is 0 Å². The maximum absolute atomic E-state index is 8.71. The van der Waals surface area contributed by atoms with E-state index < -0.39 is 0 Å². The minimum absolute atomic E-state index is 0.369. The summed E-state index contributed by atoms with van der Waals surface area (Å²) in [6.07, 6.45) is 17.6. The Balaban J connectivity index is 3.26. The summed E-state index contributed by atoms with van der Waals surface area (Å²) in [6, 6.07) is 0. The average Bonchev–Trinajstić information content (AvgIpc) is 2.44. The van der Waals surface area contributed by atoms with E-state index in [1.165, 1.54) is 77.0 Å². The number of aliphatic hydroxyl groups excluding tert-OH is 1. The van der Waals surface area contributed by atoms with E-state index in [2.05, 4.69) is 20.8 Å². The monoisotopic (exact) mass is 284 g/mol. The van der Waals surface area contributed by atoms with Crippen LogP contribution in [0.25, 0.3) is 0 Å². The Morgan fingerprint density at radius 1 is 0.600 bits per heavy atom. The van der Waals surface area contributed by atoms with Crippen molar-refractivity contribution in [3.63, 3.8) is 0 Å². The first kappa shape index (κ1) is 20.0. The van der Waals surface area contributed by atoms with Crippen LogP contribution in [0.15, 0.2) is 0 Å². The maximum Gasteiger partial charge on any atom is 0.0431 e. The highest BCUT2D eigenvalue weighted by molar-refractivity contribution is 4.58. The molecule has 0 saturated carbocycles. The van der Waals surface area contributed by atoms with Gasteiger partial charge in [-0.2, -0.15) is 0 Å². The van der Waals surface area contributed by atoms with Crippen LogP contribution in [0.3, 0.4) is 0 Å². The SMILES string of the molecule is CCCCC(C)CCCC(C)CCCCCCCCO. The van der Waals surface area contributed by atoms with Gasteiger partial charge in [0.1, 0.15) is 0 Å². The van der Waals surface area contributed by atoms with Crippen molar-refractivity contribution in [3.8, 4) is 0 Å². The fourth-order valence-electron chi connectivity index (χ4n) is 2.97. The zero-order chi connectivity index (χ0) is 15.1. The van der Waals surface area contributed by atoms with E-state index in [-0.39, 0.29) is 0 Å². The molecule has 0 aromatic rings. The molecular weight excluding hydrogens is 244 g/mol. The van der Waals surface area contributed by atoms with E-state index in [9.17, 15) is 0 Å². The lowest BCUT2D eigenvalue weighted by molar-refractivity contribution is 0.282. The molecule has 0 aliphatic rings. The molecule has 1 N–H and O–H groups in total. The van der Waals surface area contributed by atoms with Crippen LogP contribution in [0.5, 0.6) is 0 Å². The number of aliphatic hydroxyl groups is 1. The van der Waals surface area contributed by atoms with Crippen LogP contribution in [-0.2, 0) is 0 Å². The van der Waals surface area contributed by atoms with E-state index >= 15 is 0 Å². The molecule has 0 bridgehead atoms. The molecule has 0 heterocycles. The summed E-state index contributed by atoms with van der Waals surface area (Å²) >= 11 is 0. The summed E-state index contributed by atoms with van der Waals surface area (Å²) in [6.45, 7) is 7.52. The van der Waals surface area contributed by atoms with Gasteiger partial charge in [-0.15, -0.1) is 0 Å². The topological polar surface area (TPSA) is 20.2 Å². The van der Waals surface area contributed by atoms with Crippen LogP contribution in [0.2, 0.25) is 0 Å². The molecule has 0 spiro atoms. The first-order chi connectivity index (χ1) is 9.70. The summed E-state index contributed by atoms with van der Waals surface area (Å²) in [7, 11) is 0. The third-order valence-electron chi connectivity index (χ3n) is 4.55. The molecule has 0 rings (SSSR count). The Labute approximate surface area is 128 Å². The van der Waals surface area contributed by atoms with Crippen LogP contribution < -0.4 is 0 Å². The van der Waals surface area contributed by atoms with Crippen molar-refractivity contribution in [2.75, 3.05) is 6.61 Å². The fraction of sp³-hybridized carbons (Fsp3) is 1.00. The molecule has 0 aromatic carbocycles. The second-order valence-electron chi connectivity index (χ2n) is 6.92. The number of unbranched alkanes of at least 4 members (excludes halogenated alkanes) is 6. The highest BCUT2D eigenvalue weighted by Crippen LogP contribution is 2.20. The van der Waals surface area contributed by atoms with Gasteiger partial charge < -0.3 is 5.11 Å². The van der Waals surface area contributed by atoms with Gasteiger partial charge in [-0.25, -0.2) is 0 Å². The van der Waals surface area contributed by atoms with Crippen molar-refractivity contribution in [2.24, 2.45) is 11.8 Å². The van der Waals surface area contributed by atoms with E-state index in [1.807, 2.05) is 0 Å². The summed E-state index contributed by atoms with van der Waals surface area (Å²) in [4.78, 5) is 0. The largest absolute Gasteiger partial charge is 0.396 e. The van der Waals surface area contributed by atoms with Gasteiger partial charge in [0.05, 0.1) is 0 Å². The van der Waals surface area contributed by atoms with Gasteiger partial charge in [-0.3, -0.25) is 0 Å². The Morgan fingerprint density at radius 2 is 1.05 bits per heavy atom. The van der Waals surface area contributed by atoms with Crippen molar-refractivity contribution < 1.29 is 5.11 Å². The van der Waals surface area contributed by atoms with E-state index in [0.29, 0.717) is 6.61 Å². The van der Waals surface area contributed by atoms with Gasteiger partial charge in [0, 0.05) is 6.61 Å². The lowest BCUT2D eigenvalue weighted by Crippen LogP contribution is -1.99. The highest BCUT2D eigenvalue weighted by Gasteiger charge is 2.05. The average molecular weight is 285 g/mol. The van der Waals surface area contributed by atoms with Crippen LogP contribution in [-0.4, -0.2) is 11.7 Å². The minimum atomic E-state index is 0.369. The predicted molar refractivity (Wildman–Crippen MR) is 91.1 cm³/mol. The molecule has 1 heteroatoms. The van der Waals surface area contributed by atoms with Gasteiger partial charge in [-0.05, 0) is 18.3 Å². The summed E-state index contributed by atoms with van der Waals surface area (Å²) < 4.78 is 0. The van der Waals surface area contributed by atoms with E-state index in [0.717, 1.165) is 18.3 Å². The van der Waals surface area contributed by atoms with Gasteiger partial charge in [-0.1, -0.05) is 97.8 Å². The van der Waals surface area contributed by atoms with Crippen LogP contribution in [0.4, 0.5) is 0 Å². The van der Waals surface area contributed by atoms with Crippen LogP contribution >= 0.6 is 0 Å². The molecule has 2 unspecified atom stereocenters.